The van der Waals surface area contributed by atoms with Gasteiger partial charge in [-0.25, -0.2) is 9.97 Å². The summed E-state index contributed by atoms with van der Waals surface area (Å²) in [5, 5.41) is 0.531. The second kappa shape index (κ2) is 5.95. The highest BCUT2D eigenvalue weighted by atomic mass is 35.5. The van der Waals surface area contributed by atoms with Crippen molar-refractivity contribution in [3.05, 3.63) is 22.7 Å². The Bertz CT molecular complexity index is 390. The predicted molar refractivity (Wildman–Crippen MR) is 73.8 cm³/mol. The van der Waals surface area contributed by atoms with Gasteiger partial charge >= 0.3 is 0 Å². The molecule has 0 bridgehead atoms. The van der Waals surface area contributed by atoms with Crippen molar-refractivity contribution in [2.24, 2.45) is 0 Å². The van der Waals surface area contributed by atoms with Crippen molar-refractivity contribution in [3.8, 4) is 0 Å². The highest BCUT2D eigenvalue weighted by molar-refractivity contribution is 6.29. The third-order valence-corrected chi connectivity index (χ3v) is 3.67. The minimum Gasteiger partial charge on any atom is -0.302 e. The van der Waals surface area contributed by atoms with Crippen LogP contribution in [0.1, 0.15) is 24.4 Å². The topological polar surface area (TPSA) is 32.3 Å². The van der Waals surface area contributed by atoms with Gasteiger partial charge in [0.1, 0.15) is 11.0 Å². The second-order valence-electron chi connectivity index (χ2n) is 5.22. The average Bonchev–Trinajstić information content (AvgIpc) is 2.62. The molecule has 100 valence electrons. The monoisotopic (exact) mass is 268 g/mol. The molecule has 0 saturated carbocycles. The predicted octanol–water partition coefficient (Wildman–Crippen LogP) is 1.96. The normalized spacial score (nSPS) is 20.8. The van der Waals surface area contributed by atoms with Crippen LogP contribution in [0.5, 0.6) is 0 Å². The first kappa shape index (κ1) is 13.7. The molecule has 1 aliphatic heterocycles. The van der Waals surface area contributed by atoms with Crippen molar-refractivity contribution in [1.82, 2.24) is 19.8 Å². The van der Waals surface area contributed by atoms with E-state index >= 15 is 0 Å². The van der Waals surface area contributed by atoms with Crippen LogP contribution in [-0.2, 0) is 6.54 Å². The molecule has 4 nitrogen and oxygen atoms in total. The molecule has 1 fully saturated rings. The molecule has 1 atom stereocenters. The van der Waals surface area contributed by atoms with E-state index in [4.69, 9.17) is 11.6 Å². The van der Waals surface area contributed by atoms with Gasteiger partial charge in [0.15, 0.2) is 0 Å². The number of likely N-dealkylation sites (N-methyl/N-ethyl adjacent to an activating group) is 2. The van der Waals surface area contributed by atoms with Crippen LogP contribution < -0.4 is 0 Å². The molecule has 2 heterocycles. The largest absolute Gasteiger partial charge is 0.302 e. The fraction of sp³-hybridized carbons (Fsp3) is 0.692. The standard InChI is InChI=1S/C13H21ClN4/c1-10-7-12(14)16-13(15-10)9-17(2)8-11-5-4-6-18(11)3/h7,11H,4-6,8-9H2,1-3H3. The first-order chi connectivity index (χ1) is 8.54. The van der Waals surface area contributed by atoms with Crippen molar-refractivity contribution in [1.29, 1.82) is 0 Å². The molecule has 0 N–H and O–H groups in total. The highest BCUT2D eigenvalue weighted by Crippen LogP contribution is 2.16. The Morgan fingerprint density at radius 2 is 2.28 bits per heavy atom. The molecular formula is C13H21ClN4. The molecule has 0 aromatic carbocycles. The maximum Gasteiger partial charge on any atom is 0.144 e. The van der Waals surface area contributed by atoms with Crippen LogP contribution in [0.25, 0.3) is 0 Å². The Morgan fingerprint density at radius 3 is 2.89 bits per heavy atom. The van der Waals surface area contributed by atoms with Gasteiger partial charge in [0, 0.05) is 18.3 Å². The highest BCUT2D eigenvalue weighted by Gasteiger charge is 2.22. The number of hydrogen-bond acceptors (Lipinski definition) is 4. The maximum atomic E-state index is 5.95. The van der Waals surface area contributed by atoms with Crippen LogP contribution in [0, 0.1) is 6.92 Å². The minimum absolute atomic E-state index is 0.531. The van der Waals surface area contributed by atoms with Gasteiger partial charge in [-0.15, -0.1) is 0 Å². The van der Waals surface area contributed by atoms with Gasteiger partial charge in [-0.2, -0.15) is 0 Å². The van der Waals surface area contributed by atoms with Crippen LogP contribution in [0.2, 0.25) is 5.15 Å². The Kier molecular flexibility index (Phi) is 4.54. The van der Waals surface area contributed by atoms with Crippen LogP contribution in [0.3, 0.4) is 0 Å². The number of nitrogens with zero attached hydrogens (tertiary/aromatic N) is 4. The van der Waals surface area contributed by atoms with E-state index < -0.39 is 0 Å². The first-order valence-corrected chi connectivity index (χ1v) is 6.81. The summed E-state index contributed by atoms with van der Waals surface area (Å²) in [6, 6.07) is 2.45. The minimum atomic E-state index is 0.531. The SMILES string of the molecule is Cc1cc(Cl)nc(CN(C)CC2CCCN2C)n1. The fourth-order valence-electron chi connectivity index (χ4n) is 2.54. The molecule has 5 heteroatoms. The first-order valence-electron chi connectivity index (χ1n) is 6.43. The number of halogens is 1. The lowest BCUT2D eigenvalue weighted by Crippen LogP contribution is -2.36. The average molecular weight is 269 g/mol. The summed E-state index contributed by atoms with van der Waals surface area (Å²) in [4.78, 5) is 13.4. The van der Waals surface area contributed by atoms with Gasteiger partial charge < -0.3 is 4.90 Å². The summed E-state index contributed by atoms with van der Waals surface area (Å²) in [5.41, 5.74) is 0.927. The summed E-state index contributed by atoms with van der Waals surface area (Å²) >= 11 is 5.95. The number of likely N-dealkylation sites (tertiary alicyclic amines) is 1. The van der Waals surface area contributed by atoms with Crippen molar-refractivity contribution in [3.63, 3.8) is 0 Å². The summed E-state index contributed by atoms with van der Waals surface area (Å²) < 4.78 is 0. The van der Waals surface area contributed by atoms with Gasteiger partial charge in [0.25, 0.3) is 0 Å². The lowest BCUT2D eigenvalue weighted by atomic mass is 10.2. The summed E-state index contributed by atoms with van der Waals surface area (Å²) in [6.45, 7) is 4.98. The smallest absolute Gasteiger partial charge is 0.144 e. The van der Waals surface area contributed by atoms with Gasteiger partial charge in [0.05, 0.1) is 6.54 Å². The molecule has 0 spiro atoms. The summed E-state index contributed by atoms with van der Waals surface area (Å²) in [6.07, 6.45) is 2.60. The Hall–Kier alpha value is -0.710. The molecule has 1 aliphatic rings. The fourth-order valence-corrected chi connectivity index (χ4v) is 2.79. The van der Waals surface area contributed by atoms with E-state index in [-0.39, 0.29) is 0 Å². The van der Waals surface area contributed by atoms with E-state index in [2.05, 4.69) is 33.9 Å². The van der Waals surface area contributed by atoms with Gasteiger partial charge in [-0.05, 0) is 46.5 Å². The summed E-state index contributed by atoms with van der Waals surface area (Å²) in [5.74, 6) is 0.808. The maximum absolute atomic E-state index is 5.95. The van der Waals surface area contributed by atoms with Crippen LogP contribution in [-0.4, -0.2) is 53.0 Å². The lowest BCUT2D eigenvalue weighted by molar-refractivity contribution is 0.212. The molecule has 0 amide bonds. The Labute approximate surface area is 114 Å². The van der Waals surface area contributed by atoms with Crippen molar-refractivity contribution in [2.45, 2.75) is 32.4 Å². The number of aryl methyl sites for hydroxylation is 1. The van der Waals surface area contributed by atoms with E-state index in [1.54, 1.807) is 6.07 Å². The zero-order chi connectivity index (χ0) is 13.1. The van der Waals surface area contributed by atoms with Crippen molar-refractivity contribution in [2.75, 3.05) is 27.2 Å². The molecule has 18 heavy (non-hydrogen) atoms. The second-order valence-corrected chi connectivity index (χ2v) is 5.61. The van der Waals surface area contributed by atoms with E-state index in [0.29, 0.717) is 11.2 Å². The van der Waals surface area contributed by atoms with Gasteiger partial charge in [-0.3, -0.25) is 4.90 Å². The molecule has 1 unspecified atom stereocenters. The molecule has 2 rings (SSSR count). The van der Waals surface area contributed by atoms with E-state index in [9.17, 15) is 0 Å². The molecule has 1 aromatic rings. The van der Waals surface area contributed by atoms with Crippen LogP contribution in [0.4, 0.5) is 0 Å². The van der Waals surface area contributed by atoms with Crippen molar-refractivity contribution < 1.29 is 0 Å². The van der Waals surface area contributed by atoms with Crippen molar-refractivity contribution >= 4 is 11.6 Å². The van der Waals surface area contributed by atoms with E-state index in [1.165, 1.54) is 19.4 Å². The molecule has 1 aromatic heterocycles. The molecular weight excluding hydrogens is 248 g/mol. The van der Waals surface area contributed by atoms with Gasteiger partial charge in [-0.1, -0.05) is 11.6 Å². The van der Waals surface area contributed by atoms with E-state index in [1.807, 2.05) is 6.92 Å². The molecule has 0 aliphatic carbocycles. The summed E-state index contributed by atoms with van der Waals surface area (Å²) in [7, 11) is 4.32. The Morgan fingerprint density at radius 1 is 1.50 bits per heavy atom. The zero-order valence-corrected chi connectivity index (χ0v) is 12.1. The third kappa shape index (κ3) is 3.64. The number of aromatic nitrogens is 2. The van der Waals surface area contributed by atoms with Gasteiger partial charge in [0.2, 0.25) is 0 Å². The lowest BCUT2D eigenvalue weighted by Gasteiger charge is -2.25. The number of hydrogen-bond donors (Lipinski definition) is 0. The third-order valence-electron chi connectivity index (χ3n) is 3.47. The van der Waals surface area contributed by atoms with Crippen LogP contribution >= 0.6 is 11.6 Å². The zero-order valence-electron chi connectivity index (χ0n) is 11.4. The van der Waals surface area contributed by atoms with Crippen LogP contribution in [0.15, 0.2) is 6.07 Å². The number of rotatable bonds is 4. The Balaban J connectivity index is 1.92. The molecule has 0 radical (unpaired) electrons. The molecule has 1 saturated heterocycles. The quantitative estimate of drug-likeness (QED) is 0.782. The van der Waals surface area contributed by atoms with E-state index in [0.717, 1.165) is 24.6 Å².